The molecule has 0 saturated carbocycles. The highest BCUT2D eigenvalue weighted by Gasteiger charge is 2.34. The molecule has 2 aliphatic rings. The number of anilines is 2. The molecule has 2 aliphatic heterocycles. The predicted octanol–water partition coefficient (Wildman–Crippen LogP) is 2.23. The van der Waals surface area contributed by atoms with Crippen LogP contribution in [0.5, 0.6) is 0 Å². The zero-order valence-corrected chi connectivity index (χ0v) is 12.4. The molecule has 5 nitrogen and oxygen atoms in total. The Bertz CT molecular complexity index is 453. The second kappa shape index (κ2) is 5.95. The third-order valence-electron chi connectivity index (χ3n) is 4.00. The van der Waals surface area contributed by atoms with Crippen LogP contribution in [0.3, 0.4) is 0 Å². The Labute approximate surface area is 120 Å². The fourth-order valence-corrected chi connectivity index (χ4v) is 2.95. The molecule has 2 saturated heterocycles. The van der Waals surface area contributed by atoms with Crippen molar-refractivity contribution in [2.45, 2.75) is 51.7 Å². The molecule has 0 radical (unpaired) electrons. The third kappa shape index (κ3) is 2.87. The van der Waals surface area contributed by atoms with Gasteiger partial charge >= 0.3 is 0 Å². The molecule has 5 heteroatoms. The van der Waals surface area contributed by atoms with E-state index in [1.54, 1.807) is 0 Å². The van der Waals surface area contributed by atoms with Crippen LogP contribution in [0.25, 0.3) is 0 Å². The van der Waals surface area contributed by atoms with E-state index >= 15 is 0 Å². The molecule has 0 spiro atoms. The number of morpholine rings is 1. The Morgan fingerprint density at radius 2 is 2.00 bits per heavy atom. The van der Waals surface area contributed by atoms with Crippen LogP contribution in [0, 0.1) is 0 Å². The maximum absolute atomic E-state index is 5.90. The average molecular weight is 276 g/mol. The second-order valence-corrected chi connectivity index (χ2v) is 5.67. The number of nitrogens with one attached hydrogen (secondary N) is 1. The van der Waals surface area contributed by atoms with Crippen LogP contribution in [-0.2, 0) is 11.2 Å². The van der Waals surface area contributed by atoms with Crippen LogP contribution in [0.2, 0.25) is 0 Å². The van der Waals surface area contributed by atoms with Gasteiger partial charge in [0.1, 0.15) is 17.5 Å². The molecule has 110 valence electrons. The van der Waals surface area contributed by atoms with Gasteiger partial charge in [-0.2, -0.15) is 0 Å². The summed E-state index contributed by atoms with van der Waals surface area (Å²) < 4.78 is 5.90. The number of aryl methyl sites for hydroxylation is 1. The second-order valence-electron chi connectivity index (χ2n) is 5.67. The van der Waals surface area contributed by atoms with E-state index in [0.717, 1.165) is 49.9 Å². The summed E-state index contributed by atoms with van der Waals surface area (Å²) >= 11 is 0. The van der Waals surface area contributed by atoms with Gasteiger partial charge in [0.05, 0.1) is 12.2 Å². The van der Waals surface area contributed by atoms with Gasteiger partial charge in [-0.25, -0.2) is 9.97 Å². The highest BCUT2D eigenvalue weighted by atomic mass is 16.5. The number of ether oxygens (including phenoxy) is 1. The van der Waals surface area contributed by atoms with Gasteiger partial charge in [0, 0.05) is 32.1 Å². The zero-order valence-electron chi connectivity index (χ0n) is 12.4. The Morgan fingerprint density at radius 3 is 2.65 bits per heavy atom. The summed E-state index contributed by atoms with van der Waals surface area (Å²) in [7, 11) is 0. The van der Waals surface area contributed by atoms with Crippen LogP contribution in [0.1, 0.15) is 38.9 Å². The van der Waals surface area contributed by atoms with Gasteiger partial charge in [-0.3, -0.25) is 0 Å². The molecule has 2 atom stereocenters. The van der Waals surface area contributed by atoms with E-state index in [4.69, 9.17) is 9.72 Å². The molecule has 0 aliphatic carbocycles. The van der Waals surface area contributed by atoms with Gasteiger partial charge in [-0.15, -0.1) is 0 Å². The standard InChI is InChI=1S/C15H24N4O/c1-3-7-16-14-8-15(18-13(4-2)17-14)19-9-11-5-6-12(10-19)20-11/h8,11-12H,3-7,9-10H2,1-2H3,(H,16,17,18). The van der Waals surface area contributed by atoms with E-state index in [1.165, 1.54) is 12.8 Å². The molecule has 2 unspecified atom stereocenters. The van der Waals surface area contributed by atoms with E-state index in [1.807, 2.05) is 0 Å². The first-order chi connectivity index (χ1) is 9.78. The van der Waals surface area contributed by atoms with Gasteiger partial charge in [0.2, 0.25) is 0 Å². The minimum Gasteiger partial charge on any atom is -0.371 e. The van der Waals surface area contributed by atoms with Gasteiger partial charge in [-0.05, 0) is 19.3 Å². The van der Waals surface area contributed by atoms with Crippen molar-refractivity contribution in [2.24, 2.45) is 0 Å². The zero-order chi connectivity index (χ0) is 13.9. The molecule has 3 heterocycles. The predicted molar refractivity (Wildman–Crippen MR) is 80.3 cm³/mol. The van der Waals surface area contributed by atoms with Crippen molar-refractivity contribution in [1.82, 2.24) is 9.97 Å². The first-order valence-electron chi connectivity index (χ1n) is 7.80. The van der Waals surface area contributed by atoms with Crippen LogP contribution in [-0.4, -0.2) is 41.8 Å². The summed E-state index contributed by atoms with van der Waals surface area (Å²) in [6.45, 7) is 7.14. The normalized spacial score (nSPS) is 25.0. The van der Waals surface area contributed by atoms with Gasteiger partial charge in [-0.1, -0.05) is 13.8 Å². The van der Waals surface area contributed by atoms with Gasteiger partial charge in [0.25, 0.3) is 0 Å². The van der Waals surface area contributed by atoms with Crippen LogP contribution in [0.15, 0.2) is 6.07 Å². The van der Waals surface area contributed by atoms with E-state index in [-0.39, 0.29) is 0 Å². The maximum atomic E-state index is 5.90. The topological polar surface area (TPSA) is 50.3 Å². The smallest absolute Gasteiger partial charge is 0.134 e. The molecular weight excluding hydrogens is 252 g/mol. The summed E-state index contributed by atoms with van der Waals surface area (Å²) in [6.07, 6.45) is 5.12. The van der Waals surface area contributed by atoms with Crippen LogP contribution < -0.4 is 10.2 Å². The van der Waals surface area contributed by atoms with Crippen molar-refractivity contribution < 1.29 is 4.74 Å². The van der Waals surface area contributed by atoms with Crippen LogP contribution >= 0.6 is 0 Å². The number of fused-ring (bicyclic) bond motifs is 2. The molecule has 1 aromatic heterocycles. The minimum absolute atomic E-state index is 0.390. The highest BCUT2D eigenvalue weighted by molar-refractivity contribution is 5.50. The highest BCUT2D eigenvalue weighted by Crippen LogP contribution is 2.29. The number of aromatic nitrogens is 2. The fourth-order valence-electron chi connectivity index (χ4n) is 2.95. The van der Waals surface area contributed by atoms with Crippen molar-refractivity contribution in [2.75, 3.05) is 29.9 Å². The largest absolute Gasteiger partial charge is 0.371 e. The number of rotatable bonds is 5. The lowest BCUT2D eigenvalue weighted by atomic mass is 10.2. The SMILES string of the molecule is CCCNc1cc(N2CC3CCC(C2)O3)nc(CC)n1. The molecule has 0 amide bonds. The summed E-state index contributed by atoms with van der Waals surface area (Å²) in [5.41, 5.74) is 0. The number of nitrogens with zero attached hydrogens (tertiary/aromatic N) is 3. The minimum atomic E-state index is 0.390. The van der Waals surface area contributed by atoms with E-state index < -0.39 is 0 Å². The van der Waals surface area contributed by atoms with Crippen molar-refractivity contribution >= 4 is 11.6 Å². The van der Waals surface area contributed by atoms with Gasteiger partial charge in [0.15, 0.2) is 0 Å². The number of hydrogen-bond donors (Lipinski definition) is 1. The Balaban J connectivity index is 1.80. The van der Waals surface area contributed by atoms with Crippen LogP contribution in [0.4, 0.5) is 11.6 Å². The van der Waals surface area contributed by atoms with Crippen molar-refractivity contribution in [3.05, 3.63) is 11.9 Å². The molecular formula is C15H24N4O. The van der Waals surface area contributed by atoms with E-state index in [0.29, 0.717) is 12.2 Å². The first kappa shape index (κ1) is 13.6. The summed E-state index contributed by atoms with van der Waals surface area (Å²) in [5, 5.41) is 3.38. The quantitative estimate of drug-likeness (QED) is 0.893. The van der Waals surface area contributed by atoms with E-state index in [2.05, 4.69) is 35.1 Å². The summed E-state index contributed by atoms with van der Waals surface area (Å²) in [4.78, 5) is 11.6. The fraction of sp³-hybridized carbons (Fsp3) is 0.733. The van der Waals surface area contributed by atoms with Crippen molar-refractivity contribution in [3.63, 3.8) is 0 Å². The molecule has 20 heavy (non-hydrogen) atoms. The molecule has 1 N–H and O–H groups in total. The summed E-state index contributed by atoms with van der Waals surface area (Å²) in [6, 6.07) is 2.08. The molecule has 2 fully saturated rings. The third-order valence-corrected chi connectivity index (χ3v) is 4.00. The Morgan fingerprint density at radius 1 is 1.25 bits per heavy atom. The van der Waals surface area contributed by atoms with Crippen molar-refractivity contribution in [1.29, 1.82) is 0 Å². The lowest BCUT2D eigenvalue weighted by Crippen LogP contribution is -2.43. The lowest BCUT2D eigenvalue weighted by molar-refractivity contribution is 0.0302. The maximum Gasteiger partial charge on any atom is 0.134 e. The molecule has 1 aromatic rings. The summed E-state index contributed by atoms with van der Waals surface area (Å²) in [5.74, 6) is 2.92. The Hall–Kier alpha value is -1.36. The molecule has 0 aromatic carbocycles. The van der Waals surface area contributed by atoms with Gasteiger partial charge < -0.3 is 15.0 Å². The number of hydrogen-bond acceptors (Lipinski definition) is 5. The average Bonchev–Trinajstić information content (AvgIpc) is 2.83. The molecule has 2 bridgehead atoms. The molecule has 3 rings (SSSR count). The Kier molecular flexibility index (Phi) is 4.05. The first-order valence-corrected chi connectivity index (χ1v) is 7.80. The lowest BCUT2D eigenvalue weighted by Gasteiger charge is -2.33. The van der Waals surface area contributed by atoms with E-state index in [9.17, 15) is 0 Å². The van der Waals surface area contributed by atoms with Crippen molar-refractivity contribution in [3.8, 4) is 0 Å². The monoisotopic (exact) mass is 276 g/mol.